The zero-order valence-electron chi connectivity index (χ0n) is 18.4. The van der Waals surface area contributed by atoms with Crippen LogP contribution < -0.4 is 8.79 Å². The zero-order valence-corrected chi connectivity index (χ0v) is 20.8. The second-order valence-corrected chi connectivity index (χ2v) is 11.6. The van der Waals surface area contributed by atoms with Gasteiger partial charge in [0.2, 0.25) is 0 Å². The van der Waals surface area contributed by atoms with Crippen molar-refractivity contribution in [1.82, 2.24) is 0 Å². The molecule has 0 N–H and O–H groups in total. The van der Waals surface area contributed by atoms with Crippen molar-refractivity contribution in [2.45, 2.75) is 62.5 Å². The lowest BCUT2D eigenvalue weighted by atomic mass is 9.96. The average Bonchev–Trinajstić information content (AvgIpc) is 3.09. The molecule has 0 spiro atoms. The Hall–Kier alpha value is -1.56. The molecule has 0 aliphatic heterocycles. The zero-order chi connectivity index (χ0) is 21.7. The molecule has 160 valence electrons. The summed E-state index contributed by atoms with van der Waals surface area (Å²) >= 11 is 4.36. The topological polar surface area (TPSA) is 26.3 Å². The smallest absolute Gasteiger partial charge is 0.289 e. The largest absolute Gasteiger partial charge is 0.493 e. The molecule has 5 heteroatoms. The number of hydrogen-bond acceptors (Lipinski definition) is 5. The van der Waals surface area contributed by atoms with Crippen LogP contribution >= 0.6 is 34.4 Å². The fraction of sp³-hybridized carbons (Fsp3) is 0.400. The Morgan fingerprint density at radius 3 is 2.53 bits per heavy atom. The highest BCUT2D eigenvalue weighted by Gasteiger charge is 2.19. The molecule has 0 fully saturated rings. The molecular weight excluding hydrogens is 428 g/mol. The molecule has 3 rings (SSSR count). The van der Waals surface area contributed by atoms with Crippen LogP contribution in [0.4, 0.5) is 0 Å². The van der Waals surface area contributed by atoms with Crippen molar-refractivity contribution < 1.29 is 4.74 Å². The van der Waals surface area contributed by atoms with Gasteiger partial charge in [0, 0.05) is 10.5 Å². The third-order valence-corrected chi connectivity index (χ3v) is 8.90. The normalized spacial score (nSPS) is 12.3. The average molecular weight is 459 g/mol. The number of rotatable bonds is 9. The maximum Gasteiger partial charge on any atom is 0.289 e. The second kappa shape index (κ2) is 10.7. The Balaban J connectivity index is 2.04. The Labute approximate surface area is 192 Å². The van der Waals surface area contributed by atoms with E-state index in [1.807, 2.05) is 12.1 Å². The summed E-state index contributed by atoms with van der Waals surface area (Å²) in [5.74, 6) is 1.94. The van der Waals surface area contributed by atoms with Crippen molar-refractivity contribution in [2.75, 3.05) is 6.61 Å². The van der Waals surface area contributed by atoms with Gasteiger partial charge in [0.25, 0.3) is 4.06 Å². The molecule has 3 aromatic rings. The molecule has 2 nitrogen and oxygen atoms in total. The highest BCUT2D eigenvalue weighted by Crippen LogP contribution is 2.45. The standard InChI is InChI=1S/C25H30O2S3/c1-6-17(4)19-11-12-21(27-14-13-16(2)3)20(15-19)23-24(30-25(26)29-23)28-22-10-8-7-9-18(22)5/h7-12,15-17H,6,13-14H2,1-5H3. The summed E-state index contributed by atoms with van der Waals surface area (Å²) in [6, 6.07) is 14.8. The first kappa shape index (κ1) is 23.1. The lowest BCUT2D eigenvalue weighted by Crippen LogP contribution is -2.03. The van der Waals surface area contributed by atoms with Gasteiger partial charge in [0.1, 0.15) is 5.75 Å². The minimum absolute atomic E-state index is 0.128. The van der Waals surface area contributed by atoms with Crippen molar-refractivity contribution in [2.24, 2.45) is 5.92 Å². The maximum atomic E-state index is 12.4. The number of ether oxygens (including phenoxy) is 1. The van der Waals surface area contributed by atoms with Crippen molar-refractivity contribution in [1.29, 1.82) is 0 Å². The number of aryl methyl sites for hydroxylation is 1. The Morgan fingerprint density at radius 1 is 1.07 bits per heavy atom. The molecule has 0 saturated carbocycles. The van der Waals surface area contributed by atoms with Crippen LogP contribution in [0.25, 0.3) is 10.4 Å². The van der Waals surface area contributed by atoms with Crippen molar-refractivity contribution in [3.8, 4) is 16.2 Å². The molecule has 30 heavy (non-hydrogen) atoms. The molecule has 2 aromatic carbocycles. The van der Waals surface area contributed by atoms with Crippen molar-refractivity contribution in [3.63, 3.8) is 0 Å². The Bertz CT molecular complexity index is 1030. The summed E-state index contributed by atoms with van der Waals surface area (Å²) < 4.78 is 7.39. The summed E-state index contributed by atoms with van der Waals surface area (Å²) in [5.41, 5.74) is 3.57. The quantitative estimate of drug-likeness (QED) is 0.323. The highest BCUT2D eigenvalue weighted by molar-refractivity contribution is 8.01. The first-order chi connectivity index (χ1) is 14.4. The third kappa shape index (κ3) is 5.77. The summed E-state index contributed by atoms with van der Waals surface area (Å²) in [6.07, 6.45) is 2.09. The molecule has 0 radical (unpaired) electrons. The minimum atomic E-state index is 0.128. The molecule has 0 aliphatic carbocycles. The first-order valence-corrected chi connectivity index (χ1v) is 13.0. The van der Waals surface area contributed by atoms with Crippen LogP contribution in [0.3, 0.4) is 0 Å². The number of hydrogen-bond donors (Lipinski definition) is 0. The summed E-state index contributed by atoms with van der Waals surface area (Å²) in [5, 5.41) is 0. The highest BCUT2D eigenvalue weighted by atomic mass is 32.2. The first-order valence-electron chi connectivity index (χ1n) is 10.5. The minimum Gasteiger partial charge on any atom is -0.493 e. The third-order valence-electron chi connectivity index (χ3n) is 5.23. The van der Waals surface area contributed by atoms with E-state index in [9.17, 15) is 4.79 Å². The molecule has 1 heterocycles. The van der Waals surface area contributed by atoms with E-state index < -0.39 is 0 Å². The fourth-order valence-corrected chi connectivity index (χ4v) is 6.71. The SMILES string of the molecule is CCC(C)c1ccc(OCCC(C)C)c(-c2sc(=O)sc2Sc2ccccc2C)c1. The monoisotopic (exact) mass is 458 g/mol. The van der Waals surface area contributed by atoms with Gasteiger partial charge in [0.15, 0.2) is 0 Å². The lowest BCUT2D eigenvalue weighted by molar-refractivity contribution is 0.290. The van der Waals surface area contributed by atoms with Crippen LogP contribution in [-0.4, -0.2) is 6.61 Å². The predicted octanol–water partition coefficient (Wildman–Crippen LogP) is 8.23. The van der Waals surface area contributed by atoms with Crippen LogP contribution in [-0.2, 0) is 0 Å². The molecule has 1 aromatic heterocycles. The van der Waals surface area contributed by atoms with E-state index in [4.69, 9.17) is 4.74 Å². The van der Waals surface area contributed by atoms with Crippen LogP contribution in [0.1, 0.15) is 57.6 Å². The van der Waals surface area contributed by atoms with Crippen molar-refractivity contribution >= 4 is 34.4 Å². The summed E-state index contributed by atoms with van der Waals surface area (Å²) in [4.78, 5) is 14.7. The molecule has 1 unspecified atom stereocenters. The van der Waals surface area contributed by atoms with Gasteiger partial charge in [-0.1, -0.05) is 86.4 Å². The fourth-order valence-electron chi connectivity index (χ4n) is 3.07. The van der Waals surface area contributed by atoms with Crippen LogP contribution in [0.2, 0.25) is 0 Å². The van der Waals surface area contributed by atoms with E-state index in [-0.39, 0.29) is 4.06 Å². The van der Waals surface area contributed by atoms with Gasteiger partial charge in [0.05, 0.1) is 15.7 Å². The van der Waals surface area contributed by atoms with Gasteiger partial charge in [-0.05, 0) is 60.9 Å². The Morgan fingerprint density at radius 2 is 1.83 bits per heavy atom. The van der Waals surface area contributed by atoms with Crippen LogP contribution in [0.5, 0.6) is 5.75 Å². The van der Waals surface area contributed by atoms with Gasteiger partial charge in [-0.15, -0.1) is 0 Å². The van der Waals surface area contributed by atoms with E-state index >= 15 is 0 Å². The lowest BCUT2D eigenvalue weighted by Gasteiger charge is -2.16. The van der Waals surface area contributed by atoms with Gasteiger partial charge in [-0.2, -0.15) is 0 Å². The summed E-state index contributed by atoms with van der Waals surface area (Å²) in [6.45, 7) is 11.7. The molecule has 1 atom stereocenters. The Kier molecular flexibility index (Phi) is 8.20. The summed E-state index contributed by atoms with van der Waals surface area (Å²) in [7, 11) is 0. The van der Waals surface area contributed by atoms with Crippen LogP contribution in [0.15, 0.2) is 56.4 Å². The van der Waals surface area contributed by atoms with E-state index in [0.29, 0.717) is 18.4 Å². The van der Waals surface area contributed by atoms with Gasteiger partial charge in [-0.25, -0.2) is 0 Å². The van der Waals surface area contributed by atoms with E-state index in [1.54, 1.807) is 11.8 Å². The van der Waals surface area contributed by atoms with E-state index in [2.05, 4.69) is 65.0 Å². The molecule has 0 bridgehead atoms. The van der Waals surface area contributed by atoms with Gasteiger partial charge >= 0.3 is 0 Å². The number of benzene rings is 2. The molecule has 0 amide bonds. The van der Waals surface area contributed by atoms with Crippen LogP contribution in [0, 0.1) is 12.8 Å². The van der Waals surface area contributed by atoms with E-state index in [0.717, 1.165) is 33.2 Å². The molecule has 0 saturated heterocycles. The van der Waals surface area contributed by atoms with Gasteiger partial charge < -0.3 is 4.74 Å². The molecular formula is C25H30O2S3. The van der Waals surface area contributed by atoms with E-state index in [1.165, 1.54) is 38.7 Å². The maximum absolute atomic E-state index is 12.4. The van der Waals surface area contributed by atoms with Crippen molar-refractivity contribution in [3.05, 3.63) is 62.4 Å². The predicted molar refractivity (Wildman–Crippen MR) is 133 cm³/mol. The van der Waals surface area contributed by atoms with Gasteiger partial charge in [-0.3, -0.25) is 4.79 Å². The molecule has 0 aliphatic rings. The second-order valence-electron chi connectivity index (χ2n) is 8.03.